The van der Waals surface area contributed by atoms with Crippen LogP contribution in [0.3, 0.4) is 0 Å². The lowest BCUT2D eigenvalue weighted by Crippen LogP contribution is -2.32. The third kappa shape index (κ3) is 5.12. The van der Waals surface area contributed by atoms with Crippen molar-refractivity contribution in [3.63, 3.8) is 0 Å². The molecule has 29 heavy (non-hydrogen) atoms. The van der Waals surface area contributed by atoms with Crippen LogP contribution in [0, 0.1) is 0 Å². The molecule has 1 saturated carbocycles. The molecule has 0 spiro atoms. The Morgan fingerprint density at radius 1 is 1.17 bits per heavy atom. The van der Waals surface area contributed by atoms with Gasteiger partial charge in [-0.2, -0.15) is 8.42 Å². The van der Waals surface area contributed by atoms with Gasteiger partial charge >= 0.3 is 10.1 Å². The molecule has 0 atom stereocenters. The molecule has 1 amide bonds. The molecule has 0 radical (unpaired) electrons. The molecule has 1 fully saturated rings. The molecule has 158 valence electrons. The predicted octanol–water partition coefficient (Wildman–Crippen LogP) is 3.66. The van der Waals surface area contributed by atoms with Gasteiger partial charge in [0.15, 0.2) is 5.76 Å². The number of furan rings is 1. The number of rotatable bonds is 10. The van der Waals surface area contributed by atoms with Gasteiger partial charge in [0.2, 0.25) is 0 Å². The van der Waals surface area contributed by atoms with Crippen molar-refractivity contribution in [3.8, 4) is 5.75 Å². The second kappa shape index (κ2) is 8.90. The summed E-state index contributed by atoms with van der Waals surface area (Å²) in [4.78, 5) is 16.7. The molecule has 0 unspecified atom stereocenters. The molecule has 2 aromatic rings. The molecule has 7 nitrogen and oxygen atoms in total. The predicted molar refractivity (Wildman–Crippen MR) is 112 cm³/mol. The van der Waals surface area contributed by atoms with Gasteiger partial charge in [0.25, 0.3) is 5.91 Å². The fraction of sp³-hybridized carbons (Fsp3) is 0.476. The lowest BCUT2D eigenvalue weighted by molar-refractivity contribution is 0.0697. The zero-order valence-corrected chi connectivity index (χ0v) is 17.9. The molecule has 1 aliphatic rings. The maximum atomic E-state index is 12.9. The van der Waals surface area contributed by atoms with Gasteiger partial charge in [0.05, 0.1) is 18.6 Å². The Balaban J connectivity index is 1.94. The van der Waals surface area contributed by atoms with Crippen molar-refractivity contribution in [3.05, 3.63) is 47.9 Å². The number of carbonyl (C=O) groups is 1. The SMILES string of the molecule is CCN(CC)c1ccc(CN(C(=O)c2ccco2)C2CC2)c(OS(=O)(=O)CC)c1. The number of amides is 1. The Morgan fingerprint density at radius 3 is 2.45 bits per heavy atom. The van der Waals surface area contributed by atoms with Crippen molar-refractivity contribution in [1.82, 2.24) is 4.90 Å². The van der Waals surface area contributed by atoms with Crippen molar-refractivity contribution >= 4 is 21.7 Å². The first-order chi connectivity index (χ1) is 13.9. The van der Waals surface area contributed by atoms with E-state index in [1.807, 2.05) is 26.0 Å². The average molecular weight is 421 g/mol. The van der Waals surface area contributed by atoms with Gasteiger partial charge in [-0.15, -0.1) is 0 Å². The highest BCUT2D eigenvalue weighted by molar-refractivity contribution is 7.87. The zero-order valence-electron chi connectivity index (χ0n) is 17.1. The largest absolute Gasteiger partial charge is 0.459 e. The third-order valence-electron chi connectivity index (χ3n) is 5.07. The van der Waals surface area contributed by atoms with Gasteiger partial charge in [-0.05, 0) is 51.8 Å². The highest BCUT2D eigenvalue weighted by atomic mass is 32.2. The van der Waals surface area contributed by atoms with E-state index in [1.165, 1.54) is 6.26 Å². The van der Waals surface area contributed by atoms with Crippen molar-refractivity contribution in [2.45, 2.75) is 46.2 Å². The molecular weight excluding hydrogens is 392 g/mol. The van der Waals surface area contributed by atoms with Crippen LogP contribution in [-0.2, 0) is 16.7 Å². The van der Waals surface area contributed by atoms with Crippen molar-refractivity contribution in [2.24, 2.45) is 0 Å². The lowest BCUT2D eigenvalue weighted by Gasteiger charge is -2.25. The number of hydrogen-bond donors (Lipinski definition) is 0. The summed E-state index contributed by atoms with van der Waals surface area (Å²) < 4.78 is 35.0. The molecule has 0 aliphatic heterocycles. The summed E-state index contributed by atoms with van der Waals surface area (Å²) in [5.41, 5.74) is 1.54. The second-order valence-electron chi connectivity index (χ2n) is 7.04. The van der Waals surface area contributed by atoms with E-state index < -0.39 is 10.1 Å². The fourth-order valence-corrected chi connectivity index (χ4v) is 3.76. The highest BCUT2D eigenvalue weighted by Crippen LogP contribution is 2.34. The molecule has 1 aromatic carbocycles. The number of benzene rings is 1. The van der Waals surface area contributed by atoms with E-state index in [9.17, 15) is 13.2 Å². The number of hydrogen-bond acceptors (Lipinski definition) is 6. The molecule has 1 aliphatic carbocycles. The minimum absolute atomic E-state index is 0.125. The van der Waals surface area contributed by atoms with Crippen LogP contribution in [0.4, 0.5) is 5.69 Å². The molecule has 0 N–H and O–H groups in total. The van der Waals surface area contributed by atoms with Gasteiger partial charge < -0.3 is 18.4 Å². The Morgan fingerprint density at radius 2 is 1.90 bits per heavy atom. The zero-order chi connectivity index (χ0) is 21.0. The molecule has 8 heteroatoms. The Bertz CT molecular complexity index is 932. The highest BCUT2D eigenvalue weighted by Gasteiger charge is 2.35. The van der Waals surface area contributed by atoms with Crippen LogP contribution in [0.15, 0.2) is 41.0 Å². The summed E-state index contributed by atoms with van der Waals surface area (Å²) >= 11 is 0. The first-order valence-electron chi connectivity index (χ1n) is 10.0. The van der Waals surface area contributed by atoms with Crippen molar-refractivity contribution in [2.75, 3.05) is 23.7 Å². The van der Waals surface area contributed by atoms with E-state index in [0.717, 1.165) is 31.6 Å². The minimum atomic E-state index is -3.70. The summed E-state index contributed by atoms with van der Waals surface area (Å²) in [7, 11) is -3.70. The van der Waals surface area contributed by atoms with Crippen molar-refractivity contribution < 1.29 is 21.8 Å². The van der Waals surface area contributed by atoms with Crippen LogP contribution < -0.4 is 9.08 Å². The number of carbonyl (C=O) groups excluding carboxylic acids is 1. The summed E-state index contributed by atoms with van der Waals surface area (Å²) in [5, 5.41) is 0. The van der Waals surface area contributed by atoms with E-state index in [1.54, 1.807) is 30.0 Å². The van der Waals surface area contributed by atoms with Crippen LogP contribution in [0.25, 0.3) is 0 Å². The van der Waals surface area contributed by atoms with E-state index in [0.29, 0.717) is 5.56 Å². The van der Waals surface area contributed by atoms with Crippen LogP contribution in [0.5, 0.6) is 5.75 Å². The van der Waals surface area contributed by atoms with E-state index in [2.05, 4.69) is 4.90 Å². The maximum Gasteiger partial charge on any atom is 0.308 e. The second-order valence-corrected chi connectivity index (χ2v) is 8.89. The Hall–Kier alpha value is -2.48. The van der Waals surface area contributed by atoms with E-state index in [-0.39, 0.29) is 35.8 Å². The van der Waals surface area contributed by atoms with Crippen LogP contribution >= 0.6 is 0 Å². The van der Waals surface area contributed by atoms with Gasteiger partial charge in [0, 0.05) is 36.4 Å². The van der Waals surface area contributed by atoms with Gasteiger partial charge in [-0.25, -0.2) is 0 Å². The summed E-state index contributed by atoms with van der Waals surface area (Å²) in [6.07, 6.45) is 3.32. The summed E-state index contributed by atoms with van der Waals surface area (Å²) in [5.74, 6) is 0.226. The topological polar surface area (TPSA) is 80.1 Å². The quantitative estimate of drug-likeness (QED) is 0.546. The van der Waals surface area contributed by atoms with Crippen molar-refractivity contribution in [1.29, 1.82) is 0 Å². The standard InChI is InChI=1S/C21H28N2O5S/c1-4-22(5-2)18-10-9-16(20(14-18)28-29(25,26)6-3)15-23(17-11-12-17)21(24)19-8-7-13-27-19/h7-10,13-14,17H,4-6,11-12,15H2,1-3H3. The fourth-order valence-electron chi connectivity index (χ4n) is 3.21. The molecule has 3 rings (SSSR count). The minimum Gasteiger partial charge on any atom is -0.459 e. The molecule has 0 bridgehead atoms. The normalized spacial score (nSPS) is 13.9. The Kier molecular flexibility index (Phi) is 6.52. The monoisotopic (exact) mass is 420 g/mol. The van der Waals surface area contributed by atoms with Gasteiger partial charge in [-0.3, -0.25) is 4.79 Å². The van der Waals surface area contributed by atoms with E-state index in [4.69, 9.17) is 8.60 Å². The van der Waals surface area contributed by atoms with Gasteiger partial charge in [-0.1, -0.05) is 6.07 Å². The maximum absolute atomic E-state index is 12.9. The Labute approximate surface area is 172 Å². The van der Waals surface area contributed by atoms with Crippen LogP contribution in [0.1, 0.15) is 49.7 Å². The number of anilines is 1. The summed E-state index contributed by atoms with van der Waals surface area (Å²) in [6.45, 7) is 7.47. The van der Waals surface area contributed by atoms with Crippen LogP contribution in [0.2, 0.25) is 0 Å². The number of nitrogens with zero attached hydrogens (tertiary/aromatic N) is 2. The summed E-state index contributed by atoms with van der Waals surface area (Å²) in [6, 6.07) is 8.98. The first-order valence-corrected chi connectivity index (χ1v) is 11.6. The average Bonchev–Trinajstić information content (AvgIpc) is 3.40. The van der Waals surface area contributed by atoms with E-state index >= 15 is 0 Å². The molecular formula is C21H28N2O5S. The molecule has 1 heterocycles. The van der Waals surface area contributed by atoms with Crippen LogP contribution in [-0.4, -0.2) is 44.1 Å². The molecule has 0 saturated heterocycles. The lowest BCUT2D eigenvalue weighted by atomic mass is 10.1. The third-order valence-corrected chi connectivity index (χ3v) is 6.21. The van der Waals surface area contributed by atoms with Gasteiger partial charge in [0.1, 0.15) is 5.75 Å². The smallest absolute Gasteiger partial charge is 0.308 e. The molecule has 1 aromatic heterocycles. The first kappa shape index (κ1) is 21.2.